The topological polar surface area (TPSA) is 52.9 Å². The van der Waals surface area contributed by atoms with Gasteiger partial charge < -0.3 is 5.32 Å². The van der Waals surface area contributed by atoms with Crippen LogP contribution in [0, 0.1) is 17.2 Å². The van der Waals surface area contributed by atoms with Crippen molar-refractivity contribution in [3.63, 3.8) is 0 Å². The normalized spacial score (nSPS) is 11.6. The Labute approximate surface area is 101 Å². The zero-order valence-electron chi connectivity index (χ0n) is 7.92. The Morgan fingerprint density at radius 3 is 2.87 bits per heavy atom. The minimum Gasteiger partial charge on any atom is -0.325 e. The van der Waals surface area contributed by atoms with Crippen molar-refractivity contribution in [3.8, 4) is 6.07 Å². The van der Waals surface area contributed by atoms with E-state index in [1.165, 1.54) is 0 Å². The molecule has 0 radical (unpaired) electrons. The highest BCUT2D eigenvalue weighted by Gasteiger charge is 2.11. The highest BCUT2D eigenvalue weighted by atomic mass is 79.9. The first-order valence-electron chi connectivity index (χ1n) is 4.20. The Kier molecular flexibility index (Phi) is 4.13. The van der Waals surface area contributed by atoms with Crippen LogP contribution in [0.2, 0.25) is 5.02 Å². The summed E-state index contributed by atoms with van der Waals surface area (Å²) in [6.45, 7) is 1.54. The van der Waals surface area contributed by atoms with Gasteiger partial charge >= 0.3 is 0 Å². The molecule has 0 bridgehead atoms. The van der Waals surface area contributed by atoms with E-state index >= 15 is 0 Å². The van der Waals surface area contributed by atoms with Gasteiger partial charge in [0, 0.05) is 10.2 Å². The molecule has 15 heavy (non-hydrogen) atoms. The van der Waals surface area contributed by atoms with Gasteiger partial charge in [0.05, 0.1) is 11.1 Å². The van der Waals surface area contributed by atoms with Gasteiger partial charge in [0.2, 0.25) is 5.91 Å². The first kappa shape index (κ1) is 12.0. The molecule has 1 rings (SSSR count). The van der Waals surface area contributed by atoms with Crippen LogP contribution in [-0.2, 0) is 4.79 Å². The lowest BCUT2D eigenvalue weighted by Crippen LogP contribution is -2.18. The molecule has 78 valence electrons. The second kappa shape index (κ2) is 5.15. The van der Waals surface area contributed by atoms with E-state index in [9.17, 15) is 4.79 Å². The summed E-state index contributed by atoms with van der Waals surface area (Å²) in [6, 6.07) is 6.89. The molecule has 0 aliphatic rings. The third-order valence-corrected chi connectivity index (χ3v) is 2.99. The van der Waals surface area contributed by atoms with Gasteiger partial charge in [-0.05, 0) is 41.1 Å². The second-order valence-corrected chi connectivity index (χ2v) is 4.23. The number of carbonyl (C=O) groups excluding carboxylic acids is 1. The molecule has 0 aliphatic carbocycles. The Balaban J connectivity index is 2.78. The Hall–Kier alpha value is -1.05. The van der Waals surface area contributed by atoms with E-state index in [1.807, 2.05) is 6.07 Å². The summed E-state index contributed by atoms with van der Waals surface area (Å²) < 4.78 is 0.701. The van der Waals surface area contributed by atoms with Gasteiger partial charge in [-0.3, -0.25) is 4.79 Å². The van der Waals surface area contributed by atoms with Crippen molar-refractivity contribution in [1.29, 1.82) is 5.26 Å². The van der Waals surface area contributed by atoms with Crippen molar-refractivity contribution < 1.29 is 4.79 Å². The largest absolute Gasteiger partial charge is 0.325 e. The summed E-state index contributed by atoms with van der Waals surface area (Å²) in [5, 5.41) is 11.7. The van der Waals surface area contributed by atoms with E-state index in [0.717, 1.165) is 0 Å². The van der Waals surface area contributed by atoms with Gasteiger partial charge in [0.25, 0.3) is 0 Å². The number of benzene rings is 1. The van der Waals surface area contributed by atoms with Gasteiger partial charge in [0.15, 0.2) is 0 Å². The number of carbonyl (C=O) groups is 1. The number of nitrogens with zero attached hydrogens (tertiary/aromatic N) is 1. The first-order chi connectivity index (χ1) is 7.04. The van der Waals surface area contributed by atoms with Crippen LogP contribution in [0.3, 0.4) is 0 Å². The van der Waals surface area contributed by atoms with Gasteiger partial charge in [-0.25, -0.2) is 0 Å². The van der Waals surface area contributed by atoms with Crippen LogP contribution in [0.1, 0.15) is 6.92 Å². The SMILES string of the molecule is CC(C#N)C(=O)Nc1ccc(Cl)c(Br)c1. The smallest absolute Gasteiger partial charge is 0.241 e. The highest BCUT2D eigenvalue weighted by Crippen LogP contribution is 2.25. The van der Waals surface area contributed by atoms with Crippen LogP contribution in [0.25, 0.3) is 0 Å². The second-order valence-electron chi connectivity index (χ2n) is 2.97. The number of nitrogens with one attached hydrogen (secondary N) is 1. The molecule has 0 aromatic heterocycles. The fraction of sp³-hybridized carbons (Fsp3) is 0.200. The number of rotatable bonds is 2. The molecule has 1 N–H and O–H groups in total. The Bertz CT molecular complexity index is 428. The lowest BCUT2D eigenvalue weighted by molar-refractivity contribution is -0.117. The maximum Gasteiger partial charge on any atom is 0.241 e. The fourth-order valence-electron chi connectivity index (χ4n) is 0.883. The standard InChI is InChI=1S/C10H8BrClN2O/c1-6(5-13)10(15)14-7-2-3-9(12)8(11)4-7/h2-4,6H,1H3,(H,14,15). The van der Waals surface area contributed by atoms with Gasteiger partial charge in [-0.15, -0.1) is 0 Å². The summed E-state index contributed by atoms with van der Waals surface area (Å²) in [5.41, 5.74) is 0.610. The molecule has 1 aromatic rings. The van der Waals surface area contributed by atoms with Gasteiger partial charge in [-0.2, -0.15) is 5.26 Å². The van der Waals surface area contributed by atoms with Crippen LogP contribution < -0.4 is 5.32 Å². The molecular formula is C10H8BrClN2O. The van der Waals surface area contributed by atoms with Crippen LogP contribution in [0.5, 0.6) is 0 Å². The van der Waals surface area contributed by atoms with Crippen molar-refractivity contribution in [3.05, 3.63) is 27.7 Å². The number of hydrogen-bond acceptors (Lipinski definition) is 2. The van der Waals surface area contributed by atoms with Crippen LogP contribution in [0.4, 0.5) is 5.69 Å². The molecule has 0 saturated heterocycles. The average molecular weight is 288 g/mol. The van der Waals surface area contributed by atoms with E-state index in [1.54, 1.807) is 25.1 Å². The van der Waals surface area contributed by atoms with Gasteiger partial charge in [-0.1, -0.05) is 11.6 Å². The molecule has 1 amide bonds. The molecule has 0 heterocycles. The third kappa shape index (κ3) is 3.22. The van der Waals surface area contributed by atoms with Crippen LogP contribution in [0.15, 0.2) is 22.7 Å². The predicted molar refractivity (Wildman–Crippen MR) is 62.6 cm³/mol. The lowest BCUT2D eigenvalue weighted by atomic mass is 10.2. The summed E-state index contributed by atoms with van der Waals surface area (Å²) in [6.07, 6.45) is 0. The molecule has 0 aliphatic heterocycles. The summed E-state index contributed by atoms with van der Waals surface area (Å²) in [7, 11) is 0. The molecule has 0 saturated carbocycles. The molecule has 0 fully saturated rings. The number of hydrogen-bond donors (Lipinski definition) is 1. The highest BCUT2D eigenvalue weighted by molar-refractivity contribution is 9.10. The maximum absolute atomic E-state index is 11.4. The summed E-state index contributed by atoms with van der Waals surface area (Å²) in [4.78, 5) is 11.4. The van der Waals surface area contributed by atoms with Crippen molar-refractivity contribution in [2.75, 3.05) is 5.32 Å². The van der Waals surface area contributed by atoms with Gasteiger partial charge in [0.1, 0.15) is 5.92 Å². The van der Waals surface area contributed by atoms with Crippen molar-refractivity contribution in [2.24, 2.45) is 5.92 Å². The van der Waals surface area contributed by atoms with Crippen molar-refractivity contribution in [1.82, 2.24) is 0 Å². The summed E-state index contributed by atoms with van der Waals surface area (Å²) >= 11 is 9.04. The number of halogens is 2. The number of anilines is 1. The number of amides is 1. The van der Waals surface area contributed by atoms with Crippen molar-refractivity contribution in [2.45, 2.75) is 6.92 Å². The van der Waals surface area contributed by atoms with E-state index < -0.39 is 5.92 Å². The van der Waals surface area contributed by atoms with Crippen molar-refractivity contribution >= 4 is 39.1 Å². The minimum atomic E-state index is -0.667. The quantitative estimate of drug-likeness (QED) is 0.908. The molecule has 1 unspecified atom stereocenters. The predicted octanol–water partition coefficient (Wildman–Crippen LogP) is 3.20. The Morgan fingerprint density at radius 1 is 1.67 bits per heavy atom. The zero-order chi connectivity index (χ0) is 11.4. The molecule has 3 nitrogen and oxygen atoms in total. The third-order valence-electron chi connectivity index (χ3n) is 1.77. The summed E-state index contributed by atoms with van der Waals surface area (Å²) in [5.74, 6) is -0.994. The molecule has 5 heteroatoms. The van der Waals surface area contributed by atoms with E-state index in [4.69, 9.17) is 16.9 Å². The van der Waals surface area contributed by atoms with Crippen LogP contribution in [-0.4, -0.2) is 5.91 Å². The fourth-order valence-corrected chi connectivity index (χ4v) is 1.38. The first-order valence-corrected chi connectivity index (χ1v) is 5.37. The number of nitriles is 1. The molecule has 1 atom stereocenters. The van der Waals surface area contributed by atoms with Crippen LogP contribution >= 0.6 is 27.5 Å². The maximum atomic E-state index is 11.4. The molecule has 1 aromatic carbocycles. The van der Waals surface area contributed by atoms with E-state index in [-0.39, 0.29) is 5.91 Å². The van der Waals surface area contributed by atoms with E-state index in [0.29, 0.717) is 15.2 Å². The molecule has 0 spiro atoms. The van der Waals surface area contributed by atoms with E-state index in [2.05, 4.69) is 21.2 Å². The average Bonchev–Trinajstić information content (AvgIpc) is 2.22. The lowest BCUT2D eigenvalue weighted by Gasteiger charge is -2.06. The molecular weight excluding hydrogens is 279 g/mol. The monoisotopic (exact) mass is 286 g/mol. The Morgan fingerprint density at radius 2 is 2.33 bits per heavy atom. The zero-order valence-corrected chi connectivity index (χ0v) is 10.3. The minimum absolute atomic E-state index is 0.327.